The number of rotatable bonds is 6. The lowest BCUT2D eigenvalue weighted by Gasteiger charge is -2.39. The van der Waals surface area contributed by atoms with Crippen molar-refractivity contribution in [3.05, 3.63) is 58.8 Å². The molecule has 1 spiro atoms. The number of amides is 1. The fraction of sp³-hybridized carbons (Fsp3) is 0.500. The molecule has 2 unspecified atom stereocenters. The summed E-state index contributed by atoms with van der Waals surface area (Å²) in [7, 11) is 1.63. The first-order chi connectivity index (χ1) is 15.0. The van der Waals surface area contributed by atoms with Crippen molar-refractivity contribution >= 4 is 5.91 Å². The molecule has 0 bridgehead atoms. The average Bonchev–Trinajstić information content (AvgIpc) is 3.16. The molecule has 0 radical (unpaired) electrons. The number of ether oxygens (including phenoxy) is 3. The van der Waals surface area contributed by atoms with Crippen LogP contribution in [-0.4, -0.2) is 60.9 Å². The third-order valence-corrected chi connectivity index (χ3v) is 6.00. The lowest BCUT2D eigenvalue weighted by molar-refractivity contribution is -0.130. The third-order valence-electron chi connectivity index (χ3n) is 6.00. The molecule has 2 atom stereocenters. The number of hydrogen-bond acceptors (Lipinski definition) is 6. The second-order valence-electron chi connectivity index (χ2n) is 8.62. The van der Waals surface area contributed by atoms with Crippen LogP contribution in [0.2, 0.25) is 0 Å². The van der Waals surface area contributed by atoms with Crippen molar-refractivity contribution in [1.29, 1.82) is 0 Å². The summed E-state index contributed by atoms with van der Waals surface area (Å²) in [5.74, 6) is 0.582. The minimum Gasteiger partial charge on any atom is -0.481 e. The molecule has 0 saturated carbocycles. The number of aromatic nitrogens is 1. The molecule has 0 aliphatic carbocycles. The zero-order chi connectivity index (χ0) is 21.8. The van der Waals surface area contributed by atoms with Gasteiger partial charge in [-0.1, -0.05) is 29.8 Å². The van der Waals surface area contributed by atoms with Crippen LogP contribution >= 0.6 is 0 Å². The lowest BCUT2D eigenvalue weighted by atomic mass is 9.97. The van der Waals surface area contributed by atoms with Gasteiger partial charge in [0, 0.05) is 44.4 Å². The van der Waals surface area contributed by atoms with Crippen LogP contribution in [0.1, 0.15) is 28.7 Å². The van der Waals surface area contributed by atoms with Crippen LogP contribution in [0, 0.1) is 13.8 Å². The zero-order valence-corrected chi connectivity index (χ0v) is 18.5. The highest BCUT2D eigenvalue weighted by Gasteiger charge is 2.46. The molecule has 1 N–H and O–H groups in total. The molecule has 166 valence electrons. The predicted molar refractivity (Wildman–Crippen MR) is 117 cm³/mol. The zero-order valence-electron chi connectivity index (χ0n) is 18.5. The first-order valence-electron chi connectivity index (χ1n) is 10.8. The van der Waals surface area contributed by atoms with Crippen LogP contribution < -0.4 is 10.1 Å². The summed E-state index contributed by atoms with van der Waals surface area (Å²) >= 11 is 0. The van der Waals surface area contributed by atoms with Crippen molar-refractivity contribution < 1.29 is 19.0 Å². The monoisotopic (exact) mass is 425 g/mol. The molecular formula is C24H31N3O4. The van der Waals surface area contributed by atoms with Gasteiger partial charge in [0.25, 0.3) is 0 Å². The van der Waals surface area contributed by atoms with Crippen LogP contribution in [0.25, 0.3) is 0 Å². The highest BCUT2D eigenvalue weighted by Crippen LogP contribution is 2.32. The number of carbonyl (C=O) groups is 1. The van der Waals surface area contributed by atoms with E-state index < -0.39 is 11.7 Å². The molecular weight excluding hydrogens is 394 g/mol. The highest BCUT2D eigenvalue weighted by molar-refractivity contribution is 5.81. The number of pyridine rings is 1. The second kappa shape index (κ2) is 9.34. The molecule has 2 fully saturated rings. The van der Waals surface area contributed by atoms with E-state index in [0.29, 0.717) is 32.1 Å². The molecule has 31 heavy (non-hydrogen) atoms. The summed E-state index contributed by atoms with van der Waals surface area (Å²) in [4.78, 5) is 19.4. The van der Waals surface area contributed by atoms with E-state index in [0.717, 1.165) is 36.3 Å². The van der Waals surface area contributed by atoms with Gasteiger partial charge in [-0.25, -0.2) is 4.98 Å². The Bertz CT molecular complexity index is 918. The second-order valence-corrected chi connectivity index (χ2v) is 8.62. The van der Waals surface area contributed by atoms with Crippen molar-refractivity contribution in [2.45, 2.75) is 45.1 Å². The van der Waals surface area contributed by atoms with Gasteiger partial charge in [-0.3, -0.25) is 9.69 Å². The van der Waals surface area contributed by atoms with Crippen molar-refractivity contribution in [2.75, 3.05) is 33.4 Å². The summed E-state index contributed by atoms with van der Waals surface area (Å²) < 4.78 is 17.3. The summed E-state index contributed by atoms with van der Waals surface area (Å²) in [6, 6.07) is 10.3. The van der Waals surface area contributed by atoms with E-state index in [1.54, 1.807) is 7.11 Å². The number of carbonyl (C=O) groups excluding carboxylic acids is 1. The van der Waals surface area contributed by atoms with Gasteiger partial charge in [0.2, 0.25) is 11.8 Å². The molecule has 7 nitrogen and oxygen atoms in total. The fourth-order valence-corrected chi connectivity index (χ4v) is 4.33. The van der Waals surface area contributed by atoms with Crippen LogP contribution in [0.3, 0.4) is 0 Å². The van der Waals surface area contributed by atoms with E-state index in [2.05, 4.69) is 21.3 Å². The molecule has 3 heterocycles. The number of aryl methyl sites for hydroxylation is 2. The lowest BCUT2D eigenvalue weighted by Crippen LogP contribution is -2.52. The van der Waals surface area contributed by atoms with Crippen LogP contribution in [0.15, 0.2) is 36.5 Å². The topological polar surface area (TPSA) is 72.9 Å². The SMILES string of the molecule is COc1ncc(CN2CCOC3(COC(C(=O)NCc4ccc(C)cc4)C3)C2)cc1C. The molecule has 4 rings (SSSR count). The number of methoxy groups -OCH3 is 1. The van der Waals surface area contributed by atoms with Gasteiger partial charge in [-0.05, 0) is 31.0 Å². The first-order valence-corrected chi connectivity index (χ1v) is 10.8. The number of nitrogens with one attached hydrogen (secondary N) is 1. The van der Waals surface area contributed by atoms with Crippen molar-refractivity contribution in [2.24, 2.45) is 0 Å². The Kier molecular flexibility index (Phi) is 6.55. The Hall–Kier alpha value is -2.48. The smallest absolute Gasteiger partial charge is 0.249 e. The maximum Gasteiger partial charge on any atom is 0.249 e. The van der Waals surface area contributed by atoms with E-state index in [-0.39, 0.29) is 5.91 Å². The average molecular weight is 426 g/mol. The maximum atomic E-state index is 12.7. The molecule has 2 aromatic rings. The van der Waals surface area contributed by atoms with Gasteiger partial charge in [-0.2, -0.15) is 0 Å². The molecule has 7 heteroatoms. The van der Waals surface area contributed by atoms with Gasteiger partial charge >= 0.3 is 0 Å². The highest BCUT2D eigenvalue weighted by atomic mass is 16.6. The number of nitrogens with zero attached hydrogens (tertiary/aromatic N) is 2. The van der Waals surface area contributed by atoms with Gasteiger partial charge < -0.3 is 19.5 Å². The molecule has 1 amide bonds. The van der Waals surface area contributed by atoms with Gasteiger partial charge in [0.05, 0.1) is 20.3 Å². The molecule has 2 aliphatic rings. The van der Waals surface area contributed by atoms with E-state index in [4.69, 9.17) is 14.2 Å². The Labute approximate surface area is 183 Å². The van der Waals surface area contributed by atoms with Crippen molar-refractivity contribution in [3.63, 3.8) is 0 Å². The summed E-state index contributed by atoms with van der Waals surface area (Å²) in [5.41, 5.74) is 4.02. The first kappa shape index (κ1) is 21.7. The van der Waals surface area contributed by atoms with Gasteiger partial charge in [0.15, 0.2) is 0 Å². The Balaban J connectivity index is 1.31. The molecule has 1 aromatic carbocycles. The maximum absolute atomic E-state index is 12.7. The minimum atomic E-state index is -0.477. The summed E-state index contributed by atoms with van der Waals surface area (Å²) in [6.07, 6.45) is 1.96. The van der Waals surface area contributed by atoms with Gasteiger partial charge in [-0.15, -0.1) is 0 Å². The molecule has 2 aliphatic heterocycles. The molecule has 1 aromatic heterocycles. The number of benzene rings is 1. The summed E-state index contributed by atoms with van der Waals surface area (Å²) in [6.45, 7) is 7.98. The minimum absolute atomic E-state index is 0.0758. The number of morpholine rings is 1. The Morgan fingerprint density at radius 3 is 2.84 bits per heavy atom. The van der Waals surface area contributed by atoms with E-state index >= 15 is 0 Å². The Morgan fingerprint density at radius 2 is 2.10 bits per heavy atom. The largest absolute Gasteiger partial charge is 0.481 e. The van der Waals surface area contributed by atoms with Crippen LogP contribution in [0.4, 0.5) is 0 Å². The normalized spacial score (nSPS) is 23.8. The quantitative estimate of drug-likeness (QED) is 0.766. The van der Waals surface area contributed by atoms with Crippen LogP contribution in [-0.2, 0) is 27.4 Å². The standard InChI is InChI=1S/C24H31N3O4/c1-17-4-6-19(7-5-17)12-25-22(28)21-11-24(16-30-21)15-27(8-9-31-24)14-20-10-18(2)23(29-3)26-13-20/h4-7,10,13,21H,8-9,11-12,14-16H2,1-3H3,(H,25,28). The Morgan fingerprint density at radius 1 is 1.29 bits per heavy atom. The third kappa shape index (κ3) is 5.23. The molecule has 2 saturated heterocycles. The summed E-state index contributed by atoms with van der Waals surface area (Å²) in [5, 5.41) is 3.00. The van der Waals surface area contributed by atoms with Crippen LogP contribution in [0.5, 0.6) is 5.88 Å². The van der Waals surface area contributed by atoms with Crippen molar-refractivity contribution in [1.82, 2.24) is 15.2 Å². The predicted octanol–water partition coefficient (Wildman–Crippen LogP) is 2.38. The van der Waals surface area contributed by atoms with E-state index in [1.807, 2.05) is 44.3 Å². The fourth-order valence-electron chi connectivity index (χ4n) is 4.33. The number of hydrogen-bond donors (Lipinski definition) is 1. The van der Waals surface area contributed by atoms with Gasteiger partial charge in [0.1, 0.15) is 11.7 Å². The van der Waals surface area contributed by atoms with E-state index in [9.17, 15) is 4.79 Å². The van der Waals surface area contributed by atoms with Crippen molar-refractivity contribution in [3.8, 4) is 5.88 Å². The van der Waals surface area contributed by atoms with E-state index in [1.165, 1.54) is 5.56 Å².